The van der Waals surface area contributed by atoms with Crippen LogP contribution in [0.15, 0.2) is 72.5 Å². The first-order chi connectivity index (χ1) is 17.3. The summed E-state index contributed by atoms with van der Waals surface area (Å²) < 4.78 is 13.8. The van der Waals surface area contributed by atoms with E-state index in [0.717, 1.165) is 39.1 Å². The van der Waals surface area contributed by atoms with Crippen LogP contribution in [0.2, 0.25) is 0 Å². The van der Waals surface area contributed by atoms with E-state index in [1.165, 1.54) is 33.9 Å². The third kappa shape index (κ3) is 4.94. The van der Waals surface area contributed by atoms with Gasteiger partial charge in [-0.25, -0.2) is 0 Å². The highest BCUT2D eigenvalue weighted by molar-refractivity contribution is 6.03. The molecule has 0 radical (unpaired) electrons. The Hall–Kier alpha value is -2.69. The summed E-state index contributed by atoms with van der Waals surface area (Å²) in [5.41, 5.74) is 7.81. The van der Waals surface area contributed by atoms with Crippen molar-refractivity contribution in [1.82, 2.24) is 0 Å². The quantitative estimate of drug-likeness (QED) is 0.258. The summed E-state index contributed by atoms with van der Waals surface area (Å²) in [7, 11) is 1.77. The molecular formula is C32H43N2O2+. The van der Waals surface area contributed by atoms with Gasteiger partial charge in [-0.1, -0.05) is 69.7 Å². The number of allylic oxidation sites excluding steroid dienone is 4. The molecule has 0 bridgehead atoms. The van der Waals surface area contributed by atoms with Crippen molar-refractivity contribution in [2.75, 3.05) is 44.9 Å². The van der Waals surface area contributed by atoms with Gasteiger partial charge in [0, 0.05) is 54.8 Å². The lowest BCUT2D eigenvalue weighted by Crippen LogP contribution is -2.29. The highest BCUT2D eigenvalue weighted by Crippen LogP contribution is 2.47. The number of nitrogens with zero attached hydrogens (tertiary/aromatic N) is 2. The van der Waals surface area contributed by atoms with Crippen LogP contribution in [0.3, 0.4) is 0 Å². The Morgan fingerprint density at radius 2 is 1.61 bits per heavy atom. The number of hydrogen-bond donors (Lipinski definition) is 0. The van der Waals surface area contributed by atoms with E-state index in [0.29, 0.717) is 6.61 Å². The van der Waals surface area contributed by atoms with Crippen LogP contribution in [0.25, 0.3) is 0 Å². The van der Waals surface area contributed by atoms with E-state index in [1.54, 1.807) is 7.11 Å². The second-order valence-corrected chi connectivity index (χ2v) is 10.8. The molecule has 2 aromatic rings. The number of para-hydroxylation sites is 2. The Morgan fingerprint density at radius 1 is 0.889 bits per heavy atom. The number of hydrogen-bond acceptors (Lipinski definition) is 3. The summed E-state index contributed by atoms with van der Waals surface area (Å²) in [6.45, 7) is 15.5. The van der Waals surface area contributed by atoms with Crippen LogP contribution in [0.4, 0.5) is 11.4 Å². The van der Waals surface area contributed by atoms with Crippen molar-refractivity contribution in [3.8, 4) is 0 Å². The molecule has 0 saturated carbocycles. The number of rotatable bonds is 11. The van der Waals surface area contributed by atoms with Gasteiger partial charge in [0.05, 0.1) is 12.0 Å². The first-order valence-electron chi connectivity index (χ1n) is 13.4. The molecule has 2 aliphatic rings. The second-order valence-electron chi connectivity index (χ2n) is 10.8. The van der Waals surface area contributed by atoms with E-state index in [9.17, 15) is 0 Å². The maximum atomic E-state index is 5.96. The maximum absolute atomic E-state index is 5.96. The zero-order valence-electron chi connectivity index (χ0n) is 23.0. The molecule has 0 aliphatic carbocycles. The fraction of sp³-hybridized carbons (Fsp3) is 0.469. The molecule has 0 saturated heterocycles. The number of anilines is 1. The smallest absolute Gasteiger partial charge is 0.209 e. The van der Waals surface area contributed by atoms with E-state index in [1.807, 2.05) is 0 Å². The average Bonchev–Trinajstić information content (AvgIpc) is 3.22. The van der Waals surface area contributed by atoms with E-state index in [-0.39, 0.29) is 10.8 Å². The fourth-order valence-electron chi connectivity index (χ4n) is 5.68. The van der Waals surface area contributed by atoms with Gasteiger partial charge in [0.15, 0.2) is 12.3 Å². The van der Waals surface area contributed by atoms with Crippen LogP contribution in [0.5, 0.6) is 0 Å². The molecule has 2 heterocycles. The van der Waals surface area contributed by atoms with Crippen LogP contribution in [0.1, 0.15) is 58.6 Å². The zero-order valence-corrected chi connectivity index (χ0v) is 23.0. The van der Waals surface area contributed by atoms with E-state index in [2.05, 4.69) is 111 Å². The van der Waals surface area contributed by atoms with Crippen LogP contribution in [-0.2, 0) is 20.3 Å². The highest BCUT2D eigenvalue weighted by Gasteiger charge is 2.44. The SMILES string of the molecule is CCCCOCCN1/C(=C/C=C/C2=[N+](CCOC)c3ccccc3C2(C)C)C(C)(C)c2ccccc21. The van der Waals surface area contributed by atoms with Crippen molar-refractivity contribution < 1.29 is 14.0 Å². The minimum Gasteiger partial charge on any atom is -0.380 e. The average molecular weight is 488 g/mol. The molecule has 0 spiro atoms. The van der Waals surface area contributed by atoms with Crippen molar-refractivity contribution in [1.29, 1.82) is 0 Å². The van der Waals surface area contributed by atoms with Crippen molar-refractivity contribution in [3.05, 3.63) is 83.6 Å². The molecule has 4 rings (SSSR count). The Labute approximate surface area is 217 Å². The summed E-state index contributed by atoms with van der Waals surface area (Å²) in [5.74, 6) is 0. The summed E-state index contributed by atoms with van der Waals surface area (Å²) in [5, 5.41) is 0. The number of benzene rings is 2. The summed E-state index contributed by atoms with van der Waals surface area (Å²) in [6, 6.07) is 17.5. The van der Waals surface area contributed by atoms with Gasteiger partial charge in [0.1, 0.15) is 6.61 Å². The first kappa shape index (κ1) is 26.4. The molecule has 192 valence electrons. The molecule has 0 aromatic heterocycles. The predicted octanol–water partition coefficient (Wildman–Crippen LogP) is 6.76. The van der Waals surface area contributed by atoms with Crippen LogP contribution in [-0.4, -0.2) is 50.3 Å². The molecule has 2 aliphatic heterocycles. The predicted molar refractivity (Wildman–Crippen MR) is 151 cm³/mol. The Kier molecular flexibility index (Phi) is 8.17. The molecule has 4 nitrogen and oxygen atoms in total. The molecule has 4 heteroatoms. The molecule has 0 N–H and O–H groups in total. The Bertz CT molecular complexity index is 1160. The van der Waals surface area contributed by atoms with Gasteiger partial charge in [-0.3, -0.25) is 0 Å². The van der Waals surface area contributed by atoms with Gasteiger partial charge in [0.2, 0.25) is 5.69 Å². The van der Waals surface area contributed by atoms with E-state index < -0.39 is 0 Å². The van der Waals surface area contributed by atoms with Gasteiger partial charge < -0.3 is 14.4 Å². The summed E-state index contributed by atoms with van der Waals surface area (Å²) in [4.78, 5) is 2.45. The van der Waals surface area contributed by atoms with Crippen molar-refractivity contribution in [3.63, 3.8) is 0 Å². The van der Waals surface area contributed by atoms with Gasteiger partial charge in [0.25, 0.3) is 0 Å². The molecule has 36 heavy (non-hydrogen) atoms. The van der Waals surface area contributed by atoms with Crippen molar-refractivity contribution in [2.24, 2.45) is 0 Å². The maximum Gasteiger partial charge on any atom is 0.209 e. The van der Waals surface area contributed by atoms with Crippen LogP contribution < -0.4 is 4.90 Å². The molecular weight excluding hydrogens is 444 g/mol. The van der Waals surface area contributed by atoms with Crippen molar-refractivity contribution >= 4 is 17.1 Å². The van der Waals surface area contributed by atoms with Gasteiger partial charge in [-0.15, -0.1) is 0 Å². The third-order valence-corrected chi connectivity index (χ3v) is 7.73. The van der Waals surface area contributed by atoms with E-state index in [4.69, 9.17) is 9.47 Å². The second kappa shape index (κ2) is 11.1. The first-order valence-corrected chi connectivity index (χ1v) is 13.4. The van der Waals surface area contributed by atoms with Gasteiger partial charge in [-0.2, -0.15) is 4.58 Å². The minimum atomic E-state index is -0.0705. The number of methoxy groups -OCH3 is 1. The van der Waals surface area contributed by atoms with Crippen LogP contribution in [0, 0.1) is 0 Å². The number of ether oxygens (including phenoxy) is 2. The Balaban J connectivity index is 1.66. The highest BCUT2D eigenvalue weighted by atomic mass is 16.5. The monoisotopic (exact) mass is 487 g/mol. The molecule has 0 fully saturated rings. The van der Waals surface area contributed by atoms with Crippen LogP contribution >= 0.6 is 0 Å². The lowest BCUT2D eigenvalue weighted by Gasteiger charge is -2.27. The normalized spacial score (nSPS) is 18.9. The van der Waals surface area contributed by atoms with Gasteiger partial charge >= 0.3 is 0 Å². The molecule has 0 amide bonds. The largest absolute Gasteiger partial charge is 0.380 e. The summed E-state index contributed by atoms with van der Waals surface area (Å²) >= 11 is 0. The van der Waals surface area contributed by atoms with Gasteiger partial charge in [-0.05, 0) is 38.0 Å². The van der Waals surface area contributed by atoms with Crippen molar-refractivity contribution in [2.45, 2.75) is 58.3 Å². The zero-order chi connectivity index (χ0) is 25.8. The lowest BCUT2D eigenvalue weighted by molar-refractivity contribution is -0.441. The standard InChI is InChI=1S/C32H43N2O2/c1-7-8-22-36-24-21-34-28-17-12-10-15-26(28)32(4,5)30(34)19-13-18-29-31(2,3)25-14-9-11-16-27(25)33(29)20-23-35-6/h9-19H,7-8,20-24H2,1-6H3/q+1. The Morgan fingerprint density at radius 3 is 2.36 bits per heavy atom. The number of unbranched alkanes of at least 4 members (excludes halogenated alkanes) is 1. The topological polar surface area (TPSA) is 24.7 Å². The number of fused-ring (bicyclic) bond motifs is 2. The lowest BCUT2D eigenvalue weighted by atomic mass is 9.81. The summed E-state index contributed by atoms with van der Waals surface area (Å²) in [6.07, 6.45) is 9.14. The molecule has 0 unspecified atom stereocenters. The molecule has 2 aromatic carbocycles. The third-order valence-electron chi connectivity index (χ3n) is 7.73. The fourth-order valence-corrected chi connectivity index (χ4v) is 5.68. The van der Waals surface area contributed by atoms with E-state index >= 15 is 0 Å². The molecule has 0 atom stereocenters. The minimum absolute atomic E-state index is 0.0691.